The van der Waals surface area contributed by atoms with Crippen molar-refractivity contribution >= 4 is 10.8 Å². The first-order valence-corrected chi connectivity index (χ1v) is 7.14. The predicted molar refractivity (Wildman–Crippen MR) is 86.7 cm³/mol. The first kappa shape index (κ1) is 13.7. The Kier molecular flexibility index (Phi) is 3.95. The van der Waals surface area contributed by atoms with Gasteiger partial charge in [-0.2, -0.15) is 0 Å². The van der Waals surface area contributed by atoms with Gasteiger partial charge in [0.2, 0.25) is 0 Å². The maximum atomic E-state index is 5.78. The van der Waals surface area contributed by atoms with E-state index in [4.69, 9.17) is 5.84 Å². The summed E-state index contributed by atoms with van der Waals surface area (Å²) >= 11 is 0. The number of nitrogens with one attached hydrogen (secondary N) is 1. The lowest BCUT2D eigenvalue weighted by atomic mass is 9.96. The molecule has 0 amide bonds. The van der Waals surface area contributed by atoms with Crippen LogP contribution in [0.3, 0.4) is 0 Å². The number of aryl methyl sites for hydroxylation is 1. The average Bonchev–Trinajstić information content (AvgIpc) is 2.53. The number of benzene rings is 2. The minimum absolute atomic E-state index is 0.0111. The van der Waals surface area contributed by atoms with Crippen molar-refractivity contribution in [2.24, 2.45) is 5.84 Å². The Hall–Kier alpha value is -2.23. The normalized spacial score (nSPS) is 12.5. The summed E-state index contributed by atoms with van der Waals surface area (Å²) in [7, 11) is 0. The van der Waals surface area contributed by atoms with Crippen LogP contribution < -0.4 is 11.3 Å². The molecule has 0 saturated heterocycles. The Labute approximate surface area is 124 Å². The maximum Gasteiger partial charge on any atom is 0.0675 e. The lowest BCUT2D eigenvalue weighted by molar-refractivity contribution is 0.537. The maximum absolute atomic E-state index is 5.78. The van der Waals surface area contributed by atoms with Crippen LogP contribution in [0, 0.1) is 6.92 Å². The third-order valence-electron chi connectivity index (χ3n) is 3.89. The first-order valence-electron chi connectivity index (χ1n) is 7.14. The molecule has 21 heavy (non-hydrogen) atoms. The Morgan fingerprint density at radius 2 is 1.86 bits per heavy atom. The topological polar surface area (TPSA) is 50.9 Å². The van der Waals surface area contributed by atoms with E-state index >= 15 is 0 Å². The van der Waals surface area contributed by atoms with E-state index in [2.05, 4.69) is 65.9 Å². The molecule has 1 heterocycles. The molecule has 0 aliphatic heterocycles. The number of pyridine rings is 1. The van der Waals surface area contributed by atoms with Crippen molar-refractivity contribution in [3.63, 3.8) is 0 Å². The number of nitrogens with two attached hydrogens (primary N) is 1. The second-order valence-electron chi connectivity index (χ2n) is 5.27. The van der Waals surface area contributed by atoms with Gasteiger partial charge in [-0.15, -0.1) is 0 Å². The highest BCUT2D eigenvalue weighted by Gasteiger charge is 2.15. The van der Waals surface area contributed by atoms with Crippen molar-refractivity contribution in [3.05, 3.63) is 77.6 Å². The lowest BCUT2D eigenvalue weighted by Gasteiger charge is -2.18. The van der Waals surface area contributed by atoms with Crippen LogP contribution in [0.4, 0.5) is 0 Å². The standard InChI is InChI=1S/C18H19N3/c1-13-6-5-11-20-18(13)17(21-19)12-15-9-4-8-14-7-2-3-10-16(14)15/h2-11,17,21H,12,19H2,1H3. The van der Waals surface area contributed by atoms with E-state index in [0.717, 1.165) is 17.7 Å². The highest BCUT2D eigenvalue weighted by molar-refractivity contribution is 5.85. The van der Waals surface area contributed by atoms with Crippen molar-refractivity contribution in [1.29, 1.82) is 0 Å². The molecule has 1 atom stereocenters. The Bertz CT molecular complexity index is 747. The van der Waals surface area contributed by atoms with E-state index in [1.807, 2.05) is 12.3 Å². The molecule has 0 saturated carbocycles. The van der Waals surface area contributed by atoms with Crippen LogP contribution in [0.25, 0.3) is 10.8 Å². The van der Waals surface area contributed by atoms with Crippen LogP contribution in [-0.4, -0.2) is 4.98 Å². The Balaban J connectivity index is 1.98. The van der Waals surface area contributed by atoms with Crippen LogP contribution >= 0.6 is 0 Å². The smallest absolute Gasteiger partial charge is 0.0675 e. The van der Waals surface area contributed by atoms with Crippen molar-refractivity contribution < 1.29 is 0 Å². The van der Waals surface area contributed by atoms with Gasteiger partial charge < -0.3 is 0 Å². The summed E-state index contributed by atoms with van der Waals surface area (Å²) in [5, 5.41) is 2.53. The van der Waals surface area contributed by atoms with Crippen molar-refractivity contribution in [3.8, 4) is 0 Å². The zero-order chi connectivity index (χ0) is 14.7. The van der Waals surface area contributed by atoms with Gasteiger partial charge in [-0.3, -0.25) is 16.3 Å². The molecular formula is C18H19N3. The number of aromatic nitrogens is 1. The molecule has 1 aromatic heterocycles. The van der Waals surface area contributed by atoms with Gasteiger partial charge in [-0.25, -0.2) is 0 Å². The molecule has 3 rings (SSSR count). The van der Waals surface area contributed by atoms with E-state index in [1.54, 1.807) is 0 Å². The van der Waals surface area contributed by atoms with E-state index in [-0.39, 0.29) is 6.04 Å². The molecule has 0 fully saturated rings. The third kappa shape index (κ3) is 2.79. The fourth-order valence-corrected chi connectivity index (χ4v) is 2.79. The highest BCUT2D eigenvalue weighted by Crippen LogP contribution is 2.24. The Morgan fingerprint density at radius 1 is 1.05 bits per heavy atom. The first-order chi connectivity index (χ1) is 10.3. The minimum Gasteiger partial charge on any atom is -0.271 e. The molecule has 3 heteroatoms. The summed E-state index contributed by atoms with van der Waals surface area (Å²) in [6.45, 7) is 2.07. The van der Waals surface area contributed by atoms with Crippen LogP contribution in [0.5, 0.6) is 0 Å². The molecule has 2 aromatic carbocycles. The van der Waals surface area contributed by atoms with Crippen LogP contribution in [-0.2, 0) is 6.42 Å². The van der Waals surface area contributed by atoms with Gasteiger partial charge in [-0.05, 0) is 41.3 Å². The second kappa shape index (κ2) is 6.04. The SMILES string of the molecule is Cc1cccnc1C(Cc1cccc2ccccc12)NN. The molecule has 3 nitrogen and oxygen atoms in total. The largest absolute Gasteiger partial charge is 0.271 e. The predicted octanol–water partition coefficient (Wildman–Crippen LogP) is 3.29. The molecule has 0 spiro atoms. The third-order valence-corrected chi connectivity index (χ3v) is 3.89. The van der Waals surface area contributed by atoms with Crippen LogP contribution in [0.15, 0.2) is 60.8 Å². The van der Waals surface area contributed by atoms with E-state index in [9.17, 15) is 0 Å². The zero-order valence-electron chi connectivity index (χ0n) is 12.1. The number of nitrogens with zero attached hydrogens (tertiary/aromatic N) is 1. The summed E-state index contributed by atoms with van der Waals surface area (Å²) in [4.78, 5) is 4.48. The minimum atomic E-state index is 0.0111. The zero-order valence-corrected chi connectivity index (χ0v) is 12.1. The lowest BCUT2D eigenvalue weighted by Crippen LogP contribution is -2.30. The van der Waals surface area contributed by atoms with Gasteiger partial charge in [-0.1, -0.05) is 48.5 Å². The van der Waals surface area contributed by atoms with Gasteiger partial charge in [0.15, 0.2) is 0 Å². The molecule has 0 bridgehead atoms. The quantitative estimate of drug-likeness (QED) is 0.568. The molecule has 0 aliphatic rings. The van der Waals surface area contributed by atoms with Gasteiger partial charge in [0.05, 0.1) is 11.7 Å². The van der Waals surface area contributed by atoms with Gasteiger partial charge >= 0.3 is 0 Å². The van der Waals surface area contributed by atoms with Crippen LogP contribution in [0.2, 0.25) is 0 Å². The number of hydrogen-bond acceptors (Lipinski definition) is 3. The molecular weight excluding hydrogens is 258 g/mol. The summed E-state index contributed by atoms with van der Waals surface area (Å²) in [5.74, 6) is 5.78. The summed E-state index contributed by atoms with van der Waals surface area (Å²) in [6, 6.07) is 18.8. The number of hydrogen-bond donors (Lipinski definition) is 2. The fraction of sp³-hybridized carbons (Fsp3) is 0.167. The molecule has 3 aromatic rings. The molecule has 0 radical (unpaired) electrons. The summed E-state index contributed by atoms with van der Waals surface area (Å²) < 4.78 is 0. The van der Waals surface area contributed by atoms with E-state index in [1.165, 1.54) is 16.3 Å². The van der Waals surface area contributed by atoms with Crippen molar-refractivity contribution in [1.82, 2.24) is 10.4 Å². The number of hydrazine groups is 1. The van der Waals surface area contributed by atoms with Gasteiger partial charge in [0.1, 0.15) is 0 Å². The van der Waals surface area contributed by atoms with Crippen molar-refractivity contribution in [2.75, 3.05) is 0 Å². The van der Waals surface area contributed by atoms with E-state index in [0.29, 0.717) is 0 Å². The molecule has 0 aliphatic carbocycles. The number of rotatable bonds is 4. The number of fused-ring (bicyclic) bond motifs is 1. The second-order valence-corrected chi connectivity index (χ2v) is 5.27. The molecule has 1 unspecified atom stereocenters. The van der Waals surface area contributed by atoms with Crippen molar-refractivity contribution in [2.45, 2.75) is 19.4 Å². The molecule has 3 N–H and O–H groups in total. The van der Waals surface area contributed by atoms with E-state index < -0.39 is 0 Å². The molecule has 106 valence electrons. The van der Waals surface area contributed by atoms with Gasteiger partial charge in [0, 0.05) is 6.20 Å². The highest BCUT2D eigenvalue weighted by atomic mass is 15.2. The monoisotopic (exact) mass is 277 g/mol. The summed E-state index contributed by atoms with van der Waals surface area (Å²) in [5.41, 5.74) is 6.35. The van der Waals surface area contributed by atoms with Crippen LogP contribution in [0.1, 0.15) is 22.9 Å². The van der Waals surface area contributed by atoms with Gasteiger partial charge in [0.25, 0.3) is 0 Å². The Morgan fingerprint density at radius 3 is 2.67 bits per heavy atom. The fourth-order valence-electron chi connectivity index (χ4n) is 2.79. The average molecular weight is 277 g/mol. The summed E-state index contributed by atoms with van der Waals surface area (Å²) in [6.07, 6.45) is 2.63.